The average Bonchev–Trinajstić information content (AvgIpc) is 3.14. The summed E-state index contributed by atoms with van der Waals surface area (Å²) in [5, 5.41) is 6.61. The van der Waals surface area contributed by atoms with E-state index in [0.717, 1.165) is 29.8 Å². The Morgan fingerprint density at radius 2 is 2.00 bits per heavy atom. The van der Waals surface area contributed by atoms with Crippen molar-refractivity contribution in [1.82, 2.24) is 15.5 Å². The van der Waals surface area contributed by atoms with Crippen LogP contribution in [0.1, 0.15) is 35.2 Å². The van der Waals surface area contributed by atoms with Crippen LogP contribution < -0.4 is 15.6 Å². The average molecular weight is 367 g/mol. The van der Waals surface area contributed by atoms with Gasteiger partial charge in [0.1, 0.15) is 11.3 Å². The van der Waals surface area contributed by atoms with Crippen LogP contribution in [-0.2, 0) is 13.0 Å². The Bertz CT molecular complexity index is 973. The van der Waals surface area contributed by atoms with Crippen LogP contribution in [-0.4, -0.2) is 23.2 Å². The maximum Gasteiger partial charge on any atom is 0.261 e. The quantitative estimate of drug-likeness (QED) is 0.669. The molecule has 3 aromatic rings. The Morgan fingerprint density at radius 1 is 1.22 bits per heavy atom. The molecule has 1 amide bonds. The first-order valence-corrected chi connectivity index (χ1v) is 8.71. The zero-order valence-corrected chi connectivity index (χ0v) is 15.2. The highest BCUT2D eigenvalue weighted by atomic mass is 16.5. The van der Waals surface area contributed by atoms with E-state index < -0.39 is 11.5 Å². The molecule has 0 bridgehead atoms. The third kappa shape index (κ3) is 4.44. The number of carbonyl (C=O) groups is 1. The highest BCUT2D eigenvalue weighted by Crippen LogP contribution is 2.19. The Kier molecular flexibility index (Phi) is 5.71. The molecule has 0 fully saturated rings. The smallest absolute Gasteiger partial charge is 0.261 e. The fourth-order valence-corrected chi connectivity index (χ4v) is 2.67. The van der Waals surface area contributed by atoms with E-state index in [1.165, 1.54) is 6.07 Å². The molecule has 0 saturated carbocycles. The number of rotatable bonds is 7. The number of carbonyl (C=O) groups excluding carboxylic acids is 1. The zero-order chi connectivity index (χ0) is 19.2. The predicted molar refractivity (Wildman–Crippen MR) is 101 cm³/mol. The minimum atomic E-state index is -0.467. The lowest BCUT2D eigenvalue weighted by Gasteiger charge is -2.06. The highest BCUT2D eigenvalue weighted by molar-refractivity contribution is 5.94. The van der Waals surface area contributed by atoms with Crippen molar-refractivity contribution >= 4 is 5.91 Å². The van der Waals surface area contributed by atoms with Gasteiger partial charge in [0.2, 0.25) is 0 Å². The maximum atomic E-state index is 12.3. The molecule has 2 N–H and O–H groups in total. The van der Waals surface area contributed by atoms with E-state index in [-0.39, 0.29) is 12.1 Å². The maximum absolute atomic E-state index is 12.3. The van der Waals surface area contributed by atoms with E-state index in [4.69, 9.17) is 9.26 Å². The summed E-state index contributed by atoms with van der Waals surface area (Å²) in [7, 11) is 1.59. The zero-order valence-electron chi connectivity index (χ0n) is 15.2. The molecule has 0 aliphatic carbocycles. The van der Waals surface area contributed by atoms with Gasteiger partial charge in [-0.3, -0.25) is 9.59 Å². The number of aromatic amines is 1. The topological polar surface area (TPSA) is 97.2 Å². The normalized spacial score (nSPS) is 10.6. The molecule has 1 aromatic carbocycles. The van der Waals surface area contributed by atoms with Gasteiger partial charge in [0, 0.05) is 11.8 Å². The lowest BCUT2D eigenvalue weighted by atomic mass is 10.1. The van der Waals surface area contributed by atoms with Gasteiger partial charge >= 0.3 is 0 Å². The minimum Gasteiger partial charge on any atom is -0.497 e. The summed E-state index contributed by atoms with van der Waals surface area (Å²) in [6, 6.07) is 12.3. The fraction of sp³-hybridized carbons (Fsp3) is 0.250. The van der Waals surface area contributed by atoms with Crippen molar-refractivity contribution in [1.29, 1.82) is 0 Å². The van der Waals surface area contributed by atoms with Crippen LogP contribution in [0.15, 0.2) is 51.8 Å². The fourth-order valence-electron chi connectivity index (χ4n) is 2.67. The number of nitrogens with zero attached hydrogens (tertiary/aromatic N) is 1. The van der Waals surface area contributed by atoms with Crippen LogP contribution in [0.25, 0.3) is 11.3 Å². The van der Waals surface area contributed by atoms with Crippen LogP contribution in [0.3, 0.4) is 0 Å². The molecule has 0 aliphatic heterocycles. The first kappa shape index (κ1) is 18.4. The monoisotopic (exact) mass is 367 g/mol. The number of methoxy groups -OCH3 is 1. The number of hydrogen-bond acceptors (Lipinski definition) is 5. The molecule has 27 heavy (non-hydrogen) atoms. The second-order valence-corrected chi connectivity index (χ2v) is 6.06. The number of aryl methyl sites for hydroxylation is 1. The molecular weight excluding hydrogens is 346 g/mol. The lowest BCUT2D eigenvalue weighted by Crippen LogP contribution is -2.29. The van der Waals surface area contributed by atoms with Gasteiger partial charge in [-0.2, -0.15) is 0 Å². The summed E-state index contributed by atoms with van der Waals surface area (Å²) in [6.07, 6.45) is 1.79. The molecule has 7 nitrogen and oxygen atoms in total. The first-order valence-electron chi connectivity index (χ1n) is 8.71. The second-order valence-electron chi connectivity index (χ2n) is 6.06. The van der Waals surface area contributed by atoms with Crippen LogP contribution in [0.4, 0.5) is 0 Å². The van der Waals surface area contributed by atoms with Gasteiger partial charge in [0.05, 0.1) is 19.3 Å². The Labute approximate surface area is 156 Å². The Hall–Kier alpha value is -3.35. The van der Waals surface area contributed by atoms with Gasteiger partial charge in [-0.05, 0) is 48.4 Å². The summed E-state index contributed by atoms with van der Waals surface area (Å²) in [5.74, 6) is 0.815. The van der Waals surface area contributed by atoms with Crippen molar-refractivity contribution in [3.63, 3.8) is 0 Å². The van der Waals surface area contributed by atoms with Crippen molar-refractivity contribution < 1.29 is 14.1 Å². The first-order chi connectivity index (χ1) is 13.1. The molecule has 0 saturated heterocycles. The molecule has 2 aromatic heterocycles. The van der Waals surface area contributed by atoms with Gasteiger partial charge in [0.15, 0.2) is 5.76 Å². The van der Waals surface area contributed by atoms with Crippen LogP contribution >= 0.6 is 0 Å². The minimum absolute atomic E-state index is 0.0422. The van der Waals surface area contributed by atoms with Crippen molar-refractivity contribution in [3.05, 3.63) is 69.8 Å². The molecule has 7 heteroatoms. The van der Waals surface area contributed by atoms with E-state index in [2.05, 4.69) is 22.4 Å². The SMILES string of the molecule is CCCc1cc(CNC(=O)c2ccc(-c3ccc(OC)cc3)[nH]c2=O)on1. The molecule has 2 heterocycles. The standard InChI is InChI=1S/C20H21N3O4/c1-3-4-14-11-16(27-23-14)12-21-19(24)17-9-10-18(22-20(17)25)13-5-7-15(26-2)8-6-13/h5-11H,3-4,12H2,1-2H3,(H,21,24)(H,22,25). The molecule has 0 unspecified atom stereocenters. The largest absolute Gasteiger partial charge is 0.497 e. The van der Waals surface area contributed by atoms with Crippen LogP contribution in [0.2, 0.25) is 0 Å². The van der Waals surface area contributed by atoms with E-state index in [0.29, 0.717) is 11.5 Å². The molecule has 0 spiro atoms. The number of nitrogens with one attached hydrogen (secondary N) is 2. The molecule has 0 aliphatic rings. The number of benzene rings is 1. The summed E-state index contributed by atoms with van der Waals surface area (Å²) in [4.78, 5) is 27.3. The van der Waals surface area contributed by atoms with E-state index >= 15 is 0 Å². The van der Waals surface area contributed by atoms with E-state index in [1.54, 1.807) is 31.4 Å². The van der Waals surface area contributed by atoms with Crippen LogP contribution in [0.5, 0.6) is 5.75 Å². The molecule has 0 radical (unpaired) electrons. The van der Waals surface area contributed by atoms with E-state index in [1.807, 2.05) is 12.1 Å². The lowest BCUT2D eigenvalue weighted by molar-refractivity contribution is 0.0945. The molecule has 3 rings (SSSR count). The van der Waals surface area contributed by atoms with Crippen molar-refractivity contribution in [2.24, 2.45) is 0 Å². The number of pyridine rings is 1. The van der Waals surface area contributed by atoms with Gasteiger partial charge < -0.3 is 19.6 Å². The number of ether oxygens (including phenoxy) is 1. The summed E-state index contributed by atoms with van der Waals surface area (Å²) >= 11 is 0. The number of H-pyrrole nitrogens is 1. The predicted octanol–water partition coefficient (Wildman–Crippen LogP) is 2.92. The van der Waals surface area contributed by atoms with E-state index in [9.17, 15) is 9.59 Å². The molecular formula is C20H21N3O4. The molecule has 0 atom stereocenters. The third-order valence-corrected chi connectivity index (χ3v) is 4.09. The Balaban J connectivity index is 1.68. The van der Waals surface area contributed by atoms with Crippen molar-refractivity contribution in [3.8, 4) is 17.0 Å². The van der Waals surface area contributed by atoms with Gasteiger partial charge in [0.25, 0.3) is 11.5 Å². The number of aromatic nitrogens is 2. The highest BCUT2D eigenvalue weighted by Gasteiger charge is 2.13. The van der Waals surface area contributed by atoms with Gasteiger partial charge in [-0.25, -0.2) is 0 Å². The van der Waals surface area contributed by atoms with Gasteiger partial charge in [-0.1, -0.05) is 18.5 Å². The summed E-state index contributed by atoms with van der Waals surface area (Å²) in [6.45, 7) is 2.23. The number of hydrogen-bond donors (Lipinski definition) is 2. The van der Waals surface area contributed by atoms with Gasteiger partial charge in [-0.15, -0.1) is 0 Å². The molecule has 140 valence electrons. The summed E-state index contributed by atoms with van der Waals surface area (Å²) < 4.78 is 10.3. The van der Waals surface area contributed by atoms with Crippen LogP contribution in [0, 0.1) is 0 Å². The third-order valence-electron chi connectivity index (χ3n) is 4.09. The van der Waals surface area contributed by atoms with Crippen molar-refractivity contribution in [2.45, 2.75) is 26.3 Å². The summed E-state index contributed by atoms with van der Waals surface area (Å²) in [5.41, 5.74) is 1.89. The Morgan fingerprint density at radius 3 is 2.67 bits per heavy atom. The number of amides is 1. The van der Waals surface area contributed by atoms with Crippen molar-refractivity contribution in [2.75, 3.05) is 7.11 Å². The second kappa shape index (κ2) is 8.35.